The van der Waals surface area contributed by atoms with Crippen molar-refractivity contribution < 1.29 is 44.3 Å². The number of alkyl halides is 3. The van der Waals surface area contributed by atoms with E-state index in [-0.39, 0.29) is 34.4 Å². The summed E-state index contributed by atoms with van der Waals surface area (Å²) < 4.78 is 103. The van der Waals surface area contributed by atoms with Crippen LogP contribution < -0.4 is 4.90 Å². The fourth-order valence-electron chi connectivity index (χ4n) is 8.32. The number of benzene rings is 5. The van der Waals surface area contributed by atoms with Gasteiger partial charge in [-0.1, -0.05) is 93.0 Å². The Balaban J connectivity index is 1.13. The third-order valence-electron chi connectivity index (χ3n) is 13.7. The third-order valence-corrected chi connectivity index (χ3v) is 22.9. The van der Waals surface area contributed by atoms with Gasteiger partial charge in [0.25, 0.3) is 9.84 Å². The van der Waals surface area contributed by atoms with Gasteiger partial charge in [0.05, 0.1) is 15.9 Å². The summed E-state index contributed by atoms with van der Waals surface area (Å²) in [6.07, 6.45) is 1.13. The minimum Gasteiger partial charge on any atom is -0.416 e. The molecule has 70 heavy (non-hydrogen) atoms. The molecule has 5 aromatic carbocycles. The van der Waals surface area contributed by atoms with Crippen molar-refractivity contribution in [3.63, 3.8) is 0 Å². The standard InChI is InChI=1S/C53H64ClF3N2O7S3Si/c1-52(2,3)70(5,6)66-33-32-58(4)29-26-38(36-67-45-12-8-7-9-13-45)34-42-20-25-46(35-50(42)69(64,65)53(55,56)57)68(62,63)37-49(60)40-18-23-44(24-19-40)59-30-27-41(28-31-59)51(61)48-15-11-10-14-47(48)39-16-21-43(54)22-17-39/h7-25,35,38,41,51,61H,26-34,36-37H2,1-6H3/t38-,51+/m0/s1. The quantitative estimate of drug-likeness (QED) is 0.0432. The van der Waals surface area contributed by atoms with E-state index in [1.807, 2.05) is 85.9 Å². The summed E-state index contributed by atoms with van der Waals surface area (Å²) in [6.45, 7) is 13.8. The van der Waals surface area contributed by atoms with E-state index in [2.05, 4.69) is 43.7 Å². The molecular weight excluding hydrogens is 993 g/mol. The average molecular weight is 1060 g/mol. The number of likely N-dealkylation sites (N-methyl/N-ethyl adjacent to an activating group) is 1. The lowest BCUT2D eigenvalue weighted by molar-refractivity contribution is -0.0436. The molecular formula is C53H64ClF3N2O7S3Si. The summed E-state index contributed by atoms with van der Waals surface area (Å²) in [6, 6.07) is 34.0. The summed E-state index contributed by atoms with van der Waals surface area (Å²) in [4.78, 5) is 16.8. The van der Waals surface area contributed by atoms with E-state index < -0.39 is 60.9 Å². The summed E-state index contributed by atoms with van der Waals surface area (Å²) in [5.41, 5.74) is -2.25. The third kappa shape index (κ3) is 14.1. The lowest BCUT2D eigenvalue weighted by Crippen LogP contribution is -2.42. The zero-order valence-electron chi connectivity index (χ0n) is 40.6. The highest BCUT2D eigenvalue weighted by Gasteiger charge is 2.48. The van der Waals surface area contributed by atoms with Crippen LogP contribution in [0.15, 0.2) is 136 Å². The maximum atomic E-state index is 14.3. The van der Waals surface area contributed by atoms with Crippen molar-refractivity contribution >= 4 is 62.8 Å². The molecule has 1 saturated heterocycles. The van der Waals surface area contributed by atoms with Crippen molar-refractivity contribution in [3.8, 4) is 11.1 Å². The highest BCUT2D eigenvalue weighted by molar-refractivity contribution is 7.99. The first kappa shape index (κ1) is 55.3. The fraction of sp³-hybridized carbons (Fsp3) is 0.415. The van der Waals surface area contributed by atoms with Gasteiger partial charge in [-0.2, -0.15) is 13.2 Å². The van der Waals surface area contributed by atoms with Gasteiger partial charge in [0.1, 0.15) is 5.75 Å². The summed E-state index contributed by atoms with van der Waals surface area (Å²) in [5.74, 6) is -1.73. The van der Waals surface area contributed by atoms with Gasteiger partial charge in [-0.25, -0.2) is 16.8 Å². The molecule has 0 unspecified atom stereocenters. The van der Waals surface area contributed by atoms with E-state index in [1.54, 1.807) is 12.1 Å². The normalized spacial score (nSPS) is 15.3. The first-order valence-electron chi connectivity index (χ1n) is 23.4. The van der Waals surface area contributed by atoms with Crippen molar-refractivity contribution in [1.29, 1.82) is 0 Å². The molecule has 0 bridgehead atoms. The Morgan fingerprint density at radius 3 is 2.13 bits per heavy atom. The molecule has 1 aliphatic heterocycles. The molecule has 0 saturated carbocycles. The zero-order valence-corrected chi connectivity index (χ0v) is 44.8. The van der Waals surface area contributed by atoms with E-state index in [0.29, 0.717) is 68.9 Å². The molecule has 6 rings (SSSR count). The Kier molecular flexibility index (Phi) is 18.4. The number of piperidine rings is 1. The van der Waals surface area contributed by atoms with Gasteiger partial charge in [-0.15, -0.1) is 11.8 Å². The number of halogens is 4. The molecule has 5 aromatic rings. The summed E-state index contributed by atoms with van der Waals surface area (Å²) >= 11 is 7.62. The predicted molar refractivity (Wildman–Crippen MR) is 279 cm³/mol. The van der Waals surface area contributed by atoms with Gasteiger partial charge in [-0.05, 0) is 152 Å². The molecule has 9 nitrogen and oxygen atoms in total. The first-order valence-corrected chi connectivity index (χ1v) is 30.9. The molecule has 0 amide bonds. The number of carbonyl (C=O) groups excluding carboxylic acids is 1. The first-order chi connectivity index (χ1) is 32.9. The number of hydrogen-bond acceptors (Lipinski definition) is 10. The van der Waals surface area contributed by atoms with Crippen LogP contribution in [-0.2, 0) is 30.5 Å². The molecule has 1 heterocycles. The number of ketones is 1. The van der Waals surface area contributed by atoms with E-state index in [4.69, 9.17) is 16.0 Å². The van der Waals surface area contributed by atoms with Crippen molar-refractivity contribution in [2.45, 2.75) is 90.9 Å². The molecule has 17 heteroatoms. The van der Waals surface area contributed by atoms with Crippen LogP contribution in [0.3, 0.4) is 0 Å². The Labute approximate surface area is 422 Å². The van der Waals surface area contributed by atoms with Gasteiger partial charge < -0.3 is 19.3 Å². The number of sulfone groups is 2. The van der Waals surface area contributed by atoms with Gasteiger partial charge in [0.2, 0.25) is 0 Å². The van der Waals surface area contributed by atoms with Crippen LogP contribution in [0, 0.1) is 11.8 Å². The smallest absolute Gasteiger partial charge is 0.416 e. The van der Waals surface area contributed by atoms with E-state index >= 15 is 0 Å². The Bertz CT molecular complexity index is 2770. The molecule has 0 aliphatic carbocycles. The van der Waals surface area contributed by atoms with Gasteiger partial charge in [0, 0.05) is 53.2 Å². The van der Waals surface area contributed by atoms with Crippen molar-refractivity contribution in [2.75, 3.05) is 56.2 Å². The van der Waals surface area contributed by atoms with Crippen LogP contribution in [0.5, 0.6) is 0 Å². The second kappa shape index (κ2) is 23.3. The highest BCUT2D eigenvalue weighted by atomic mass is 35.5. The van der Waals surface area contributed by atoms with Gasteiger partial charge in [0.15, 0.2) is 23.9 Å². The number of aliphatic hydroxyl groups excluding tert-OH is 1. The van der Waals surface area contributed by atoms with Crippen molar-refractivity contribution in [2.24, 2.45) is 11.8 Å². The van der Waals surface area contributed by atoms with Gasteiger partial charge >= 0.3 is 5.51 Å². The predicted octanol–water partition coefficient (Wildman–Crippen LogP) is 12.2. The molecule has 1 fully saturated rings. The average Bonchev–Trinajstić information content (AvgIpc) is 3.32. The number of hydrogen-bond donors (Lipinski definition) is 1. The van der Waals surface area contributed by atoms with Crippen molar-refractivity contribution in [1.82, 2.24) is 4.90 Å². The number of thioether (sulfide) groups is 1. The number of rotatable bonds is 21. The minimum atomic E-state index is -6.01. The lowest BCUT2D eigenvalue weighted by atomic mass is 9.84. The molecule has 0 aromatic heterocycles. The van der Waals surface area contributed by atoms with E-state index in [1.165, 1.54) is 23.9 Å². The maximum absolute atomic E-state index is 14.3. The van der Waals surface area contributed by atoms with Crippen LogP contribution in [0.1, 0.15) is 67.6 Å². The van der Waals surface area contributed by atoms with Crippen LogP contribution in [0.4, 0.5) is 18.9 Å². The monoisotopic (exact) mass is 1060 g/mol. The SMILES string of the molecule is CN(CCO[Si](C)(C)C(C)(C)C)CC[C@H](CSc1ccccc1)Cc1ccc(S(=O)(=O)CC(=O)c2ccc(N3CCC([C@@H](O)c4ccccc4-c4ccc(Cl)cc4)CC3)cc2)cc1S(=O)(=O)C(F)(F)F. The Morgan fingerprint density at radius 2 is 1.50 bits per heavy atom. The Morgan fingerprint density at radius 1 is 0.871 bits per heavy atom. The van der Waals surface area contributed by atoms with Crippen LogP contribution in [-0.4, -0.2) is 97.8 Å². The second-order valence-electron chi connectivity index (χ2n) is 19.7. The number of anilines is 1. The van der Waals surface area contributed by atoms with Crippen LogP contribution >= 0.6 is 23.4 Å². The molecule has 1 N–H and O–H groups in total. The number of aliphatic hydroxyl groups is 1. The molecule has 2 atom stereocenters. The van der Waals surface area contributed by atoms with Gasteiger partial charge in [-0.3, -0.25) is 4.79 Å². The summed E-state index contributed by atoms with van der Waals surface area (Å²) in [7, 11) is -10.7. The van der Waals surface area contributed by atoms with E-state index in [9.17, 15) is 39.9 Å². The number of nitrogens with zero attached hydrogens (tertiary/aromatic N) is 2. The topological polar surface area (TPSA) is 121 Å². The van der Waals surface area contributed by atoms with E-state index in [0.717, 1.165) is 39.4 Å². The second-order valence-corrected chi connectivity index (χ2v) is 29.9. The van der Waals surface area contributed by atoms with Crippen LogP contribution in [0.25, 0.3) is 11.1 Å². The van der Waals surface area contributed by atoms with Crippen molar-refractivity contribution in [3.05, 3.63) is 143 Å². The molecule has 1 aliphatic rings. The largest absolute Gasteiger partial charge is 0.501 e. The van der Waals surface area contributed by atoms with Crippen LogP contribution in [0.2, 0.25) is 23.2 Å². The lowest BCUT2D eigenvalue weighted by Gasteiger charge is -2.36. The molecule has 378 valence electrons. The maximum Gasteiger partial charge on any atom is 0.501 e. The minimum absolute atomic E-state index is 0.00752. The molecule has 0 spiro atoms. The zero-order chi connectivity index (χ0) is 51.1. The summed E-state index contributed by atoms with van der Waals surface area (Å²) in [5, 5.41) is 12.2. The highest BCUT2D eigenvalue weighted by Crippen LogP contribution is 2.40. The molecule has 0 radical (unpaired) electrons. The fourth-order valence-corrected chi connectivity index (χ4v) is 12.9. The number of Topliss-reactive ketones (excluding diaryl/α,β-unsaturated/α-hetero) is 1. The number of carbonyl (C=O) groups is 1. The Hall–Kier alpha value is -4.00.